The number of hydrogen-bond acceptors (Lipinski definition) is 6. The second kappa shape index (κ2) is 7.39. The molecule has 0 aliphatic rings. The first-order chi connectivity index (χ1) is 12.9. The Labute approximate surface area is 148 Å². The Morgan fingerprint density at radius 2 is 1.81 bits per heavy atom. The molecule has 1 atom stereocenters. The minimum atomic E-state index is -0.110. The van der Waals surface area contributed by atoms with Gasteiger partial charge in [0.25, 0.3) is 0 Å². The maximum atomic E-state index is 6.02. The highest BCUT2D eigenvalue weighted by Crippen LogP contribution is 2.30. The molecule has 0 radical (unpaired) electrons. The van der Waals surface area contributed by atoms with E-state index in [1.54, 1.807) is 6.20 Å². The van der Waals surface area contributed by atoms with Crippen LogP contribution in [0, 0.1) is 0 Å². The van der Waals surface area contributed by atoms with Gasteiger partial charge in [-0.1, -0.05) is 53.7 Å². The van der Waals surface area contributed by atoms with Crippen LogP contribution in [0.25, 0.3) is 11.0 Å². The summed E-state index contributed by atoms with van der Waals surface area (Å²) >= 11 is 0. The largest absolute Gasteiger partial charge is 0.458 e. The van der Waals surface area contributed by atoms with Gasteiger partial charge in [0.15, 0.2) is 0 Å². The maximum absolute atomic E-state index is 6.02. The first-order valence-electron chi connectivity index (χ1n) is 7.98. The average molecular weight is 345 g/mol. The van der Waals surface area contributed by atoms with Crippen LogP contribution in [0.15, 0.2) is 83.8 Å². The number of nitrogens with zero attached hydrogens (tertiary/aromatic N) is 6. The molecular formula is C18H15N7O. The number of H-pyrrole nitrogens is 1. The van der Waals surface area contributed by atoms with Crippen molar-refractivity contribution in [1.82, 2.24) is 35.6 Å². The van der Waals surface area contributed by atoms with Crippen LogP contribution < -0.4 is 0 Å². The quantitative estimate of drug-likeness (QED) is 0.540. The number of aromatic nitrogens is 7. The SMILES string of the molecule is c1ccc(C(c2cc3ccccc3o2)n2ccnn2)cc1.c1nnn[nH]1. The van der Waals surface area contributed by atoms with Gasteiger partial charge in [-0.05, 0) is 28.1 Å². The number of furan rings is 1. The summed E-state index contributed by atoms with van der Waals surface area (Å²) in [5.41, 5.74) is 2.00. The zero-order valence-electron chi connectivity index (χ0n) is 13.7. The molecule has 2 aromatic carbocycles. The number of aromatic amines is 1. The normalized spacial score (nSPS) is 11.7. The van der Waals surface area contributed by atoms with E-state index in [1.165, 1.54) is 6.33 Å². The third kappa shape index (κ3) is 3.34. The molecule has 3 aromatic heterocycles. The van der Waals surface area contributed by atoms with Gasteiger partial charge in [-0.3, -0.25) is 0 Å². The molecule has 0 saturated heterocycles. The Morgan fingerprint density at radius 3 is 2.46 bits per heavy atom. The van der Waals surface area contributed by atoms with Crippen molar-refractivity contribution in [3.63, 3.8) is 0 Å². The van der Waals surface area contributed by atoms with E-state index >= 15 is 0 Å². The lowest BCUT2D eigenvalue weighted by atomic mass is 10.0. The molecule has 26 heavy (non-hydrogen) atoms. The van der Waals surface area contributed by atoms with Gasteiger partial charge in [-0.15, -0.1) is 10.2 Å². The molecule has 1 unspecified atom stereocenters. The van der Waals surface area contributed by atoms with Crippen LogP contribution in [0.3, 0.4) is 0 Å². The van der Waals surface area contributed by atoms with Gasteiger partial charge in [-0.25, -0.2) is 9.78 Å². The smallest absolute Gasteiger partial charge is 0.136 e. The van der Waals surface area contributed by atoms with Crippen LogP contribution in [0.5, 0.6) is 0 Å². The van der Waals surface area contributed by atoms with Crippen molar-refractivity contribution in [2.45, 2.75) is 6.04 Å². The van der Waals surface area contributed by atoms with Crippen molar-refractivity contribution in [1.29, 1.82) is 0 Å². The molecule has 1 N–H and O–H groups in total. The molecule has 0 amide bonds. The van der Waals surface area contributed by atoms with E-state index in [1.807, 2.05) is 53.3 Å². The Bertz CT molecular complexity index is 990. The molecule has 8 heteroatoms. The van der Waals surface area contributed by atoms with Gasteiger partial charge >= 0.3 is 0 Å². The summed E-state index contributed by atoms with van der Waals surface area (Å²) in [5, 5.41) is 21.3. The van der Waals surface area contributed by atoms with E-state index in [4.69, 9.17) is 4.42 Å². The molecule has 3 heterocycles. The van der Waals surface area contributed by atoms with Crippen LogP contribution in [-0.4, -0.2) is 35.6 Å². The summed E-state index contributed by atoms with van der Waals surface area (Å²) in [7, 11) is 0. The van der Waals surface area contributed by atoms with E-state index in [2.05, 4.69) is 49.1 Å². The second-order valence-electron chi connectivity index (χ2n) is 5.45. The molecule has 5 aromatic rings. The second-order valence-corrected chi connectivity index (χ2v) is 5.45. The van der Waals surface area contributed by atoms with E-state index in [0.717, 1.165) is 22.3 Å². The summed E-state index contributed by atoms with van der Waals surface area (Å²) in [6.45, 7) is 0. The van der Waals surface area contributed by atoms with Crippen LogP contribution >= 0.6 is 0 Å². The first kappa shape index (κ1) is 15.7. The lowest BCUT2D eigenvalue weighted by Gasteiger charge is -2.14. The summed E-state index contributed by atoms with van der Waals surface area (Å²) < 4.78 is 7.83. The standard InChI is InChI=1S/C17H13N3O.CH2N4/c1-2-6-13(7-3-1)17(20-11-10-18-19-20)16-12-14-8-4-5-9-15(14)21-16;1-2-4-5-3-1/h1-12,17H;1H,(H,2,3,4,5). The van der Waals surface area contributed by atoms with Crippen molar-refractivity contribution in [2.24, 2.45) is 0 Å². The average Bonchev–Trinajstić information content (AvgIpc) is 3.46. The summed E-state index contributed by atoms with van der Waals surface area (Å²) in [5.74, 6) is 0.855. The summed E-state index contributed by atoms with van der Waals surface area (Å²) in [6, 6.07) is 20.1. The highest BCUT2D eigenvalue weighted by Gasteiger charge is 2.21. The number of tetrazole rings is 1. The zero-order chi connectivity index (χ0) is 17.6. The fraction of sp³-hybridized carbons (Fsp3) is 0.0556. The fourth-order valence-corrected chi connectivity index (χ4v) is 2.70. The third-order valence-corrected chi connectivity index (χ3v) is 3.80. The lowest BCUT2D eigenvalue weighted by Crippen LogP contribution is -2.12. The highest BCUT2D eigenvalue weighted by atomic mass is 16.3. The topological polar surface area (TPSA) is 98.3 Å². The van der Waals surface area contributed by atoms with E-state index in [-0.39, 0.29) is 6.04 Å². The molecular weight excluding hydrogens is 330 g/mol. The van der Waals surface area contributed by atoms with E-state index in [9.17, 15) is 0 Å². The molecule has 0 bridgehead atoms. The predicted molar refractivity (Wildman–Crippen MR) is 94.1 cm³/mol. The van der Waals surface area contributed by atoms with Gasteiger partial charge < -0.3 is 4.42 Å². The van der Waals surface area contributed by atoms with Crippen molar-refractivity contribution in [3.8, 4) is 0 Å². The third-order valence-electron chi connectivity index (χ3n) is 3.80. The Hall–Kier alpha value is -3.81. The summed E-state index contributed by atoms with van der Waals surface area (Å²) in [6.07, 6.45) is 4.93. The molecule has 8 nitrogen and oxygen atoms in total. The number of benzene rings is 2. The molecule has 128 valence electrons. The first-order valence-corrected chi connectivity index (χ1v) is 7.98. The van der Waals surface area contributed by atoms with E-state index in [0.29, 0.717) is 0 Å². The maximum Gasteiger partial charge on any atom is 0.136 e. The highest BCUT2D eigenvalue weighted by molar-refractivity contribution is 5.78. The Kier molecular flexibility index (Phi) is 4.46. The van der Waals surface area contributed by atoms with E-state index < -0.39 is 0 Å². The Morgan fingerprint density at radius 1 is 0.962 bits per heavy atom. The predicted octanol–water partition coefficient (Wildman–Crippen LogP) is 2.86. The monoisotopic (exact) mass is 345 g/mol. The Balaban J connectivity index is 0.000000292. The van der Waals surface area contributed by atoms with Crippen molar-refractivity contribution >= 4 is 11.0 Å². The minimum absolute atomic E-state index is 0.110. The number of fused-ring (bicyclic) bond motifs is 1. The molecule has 0 fully saturated rings. The minimum Gasteiger partial charge on any atom is -0.458 e. The van der Waals surface area contributed by atoms with Crippen LogP contribution in [0.4, 0.5) is 0 Å². The molecule has 5 rings (SSSR count). The molecule has 0 aliphatic heterocycles. The summed E-state index contributed by atoms with van der Waals surface area (Å²) in [4.78, 5) is 0. The van der Waals surface area contributed by atoms with Crippen molar-refractivity contribution in [3.05, 3.63) is 90.7 Å². The van der Waals surface area contributed by atoms with Gasteiger partial charge in [-0.2, -0.15) is 0 Å². The van der Waals surface area contributed by atoms with Gasteiger partial charge in [0.2, 0.25) is 0 Å². The van der Waals surface area contributed by atoms with Crippen LogP contribution in [0.2, 0.25) is 0 Å². The lowest BCUT2D eigenvalue weighted by molar-refractivity contribution is 0.456. The van der Waals surface area contributed by atoms with Crippen molar-refractivity contribution in [2.75, 3.05) is 0 Å². The van der Waals surface area contributed by atoms with Crippen LogP contribution in [-0.2, 0) is 0 Å². The van der Waals surface area contributed by atoms with Gasteiger partial charge in [0.1, 0.15) is 23.7 Å². The molecule has 0 saturated carbocycles. The molecule has 0 aliphatic carbocycles. The fourth-order valence-electron chi connectivity index (χ4n) is 2.70. The molecule has 0 spiro atoms. The van der Waals surface area contributed by atoms with Gasteiger partial charge in [0, 0.05) is 11.6 Å². The van der Waals surface area contributed by atoms with Crippen molar-refractivity contribution < 1.29 is 4.42 Å². The number of rotatable bonds is 3. The number of para-hydroxylation sites is 1. The zero-order valence-corrected chi connectivity index (χ0v) is 13.7. The number of nitrogens with one attached hydrogen (secondary N) is 1. The number of hydrogen-bond donors (Lipinski definition) is 1. The van der Waals surface area contributed by atoms with Gasteiger partial charge in [0.05, 0.1) is 6.20 Å². The van der Waals surface area contributed by atoms with Crippen LogP contribution in [0.1, 0.15) is 17.4 Å².